The smallest absolute Gasteiger partial charge is 0.242 e. The highest BCUT2D eigenvalue weighted by Gasteiger charge is 2.32. The standard InChI is InChI=1S/C28H40FN7O3/c1-20-31-26(25(29)27(32-20)36-12-11-35-13-14-38-19-24(35)17-36)33-34-28(37)23(15-21-7-5-6-8-21)16-30-39-18-22-9-3-2-4-10-22/h2-4,9-10,21,23-24,30H,5-8,11-19H2,1H3,(H,34,37)(H,31,32,33)/t23-,24+/m1/s1. The van der Waals surface area contributed by atoms with Gasteiger partial charge in [-0.05, 0) is 24.8 Å². The molecule has 10 nitrogen and oxygen atoms in total. The number of carbonyl (C=O) groups excluding carboxylic acids is 1. The predicted molar refractivity (Wildman–Crippen MR) is 146 cm³/mol. The molecule has 1 saturated carbocycles. The number of ether oxygens (including phenoxy) is 1. The summed E-state index contributed by atoms with van der Waals surface area (Å²) in [5.41, 5.74) is 9.49. The molecule has 0 bridgehead atoms. The number of fused-ring (bicyclic) bond motifs is 1. The van der Waals surface area contributed by atoms with Crippen molar-refractivity contribution in [2.45, 2.75) is 51.7 Å². The van der Waals surface area contributed by atoms with Gasteiger partial charge < -0.3 is 9.64 Å². The second kappa shape index (κ2) is 13.5. The number of hydrogen-bond donors (Lipinski definition) is 3. The minimum absolute atomic E-state index is 0.0268. The van der Waals surface area contributed by atoms with Gasteiger partial charge in [0.25, 0.3) is 0 Å². The Morgan fingerprint density at radius 1 is 1.18 bits per heavy atom. The fourth-order valence-corrected chi connectivity index (χ4v) is 5.80. The first-order valence-corrected chi connectivity index (χ1v) is 14.1. The first-order chi connectivity index (χ1) is 19.1. The van der Waals surface area contributed by atoms with Gasteiger partial charge in [-0.25, -0.2) is 15.4 Å². The average Bonchev–Trinajstić information content (AvgIpc) is 3.48. The van der Waals surface area contributed by atoms with Gasteiger partial charge in [0.15, 0.2) is 11.6 Å². The van der Waals surface area contributed by atoms with Crippen LogP contribution in [0.15, 0.2) is 30.3 Å². The van der Waals surface area contributed by atoms with E-state index < -0.39 is 5.82 Å². The maximum absolute atomic E-state index is 15.6. The van der Waals surface area contributed by atoms with Crippen molar-refractivity contribution in [3.63, 3.8) is 0 Å². The second-order valence-electron chi connectivity index (χ2n) is 10.8. The van der Waals surface area contributed by atoms with Crippen LogP contribution in [-0.2, 0) is 21.0 Å². The van der Waals surface area contributed by atoms with Crippen molar-refractivity contribution >= 4 is 17.5 Å². The molecule has 212 valence electrons. The number of nitrogens with one attached hydrogen (secondary N) is 3. The molecule has 5 rings (SSSR count). The molecule has 2 saturated heterocycles. The first kappa shape index (κ1) is 27.7. The van der Waals surface area contributed by atoms with Gasteiger partial charge in [0.05, 0.1) is 31.8 Å². The highest BCUT2D eigenvalue weighted by molar-refractivity contribution is 5.80. The Morgan fingerprint density at radius 2 is 2.00 bits per heavy atom. The average molecular weight is 542 g/mol. The summed E-state index contributed by atoms with van der Waals surface area (Å²) in [6.45, 7) is 6.91. The number of halogens is 1. The van der Waals surface area contributed by atoms with Crippen LogP contribution in [0.5, 0.6) is 0 Å². The van der Waals surface area contributed by atoms with Crippen LogP contribution in [-0.4, -0.2) is 72.8 Å². The van der Waals surface area contributed by atoms with E-state index in [0.717, 1.165) is 44.5 Å². The van der Waals surface area contributed by atoms with Crippen LogP contribution in [0.2, 0.25) is 0 Å². The van der Waals surface area contributed by atoms with E-state index in [-0.39, 0.29) is 29.5 Å². The van der Waals surface area contributed by atoms with Crippen LogP contribution in [0.4, 0.5) is 16.0 Å². The summed E-state index contributed by atoms with van der Waals surface area (Å²) < 4.78 is 21.2. The van der Waals surface area contributed by atoms with Crippen LogP contribution in [0.1, 0.15) is 43.5 Å². The van der Waals surface area contributed by atoms with E-state index in [0.29, 0.717) is 44.6 Å². The van der Waals surface area contributed by atoms with Gasteiger partial charge in [0.1, 0.15) is 5.82 Å². The lowest BCUT2D eigenvalue weighted by atomic mass is 9.93. The molecule has 3 N–H and O–H groups in total. The largest absolute Gasteiger partial charge is 0.378 e. The number of hydroxylamine groups is 1. The van der Waals surface area contributed by atoms with Crippen molar-refractivity contribution < 1.29 is 18.8 Å². The quantitative estimate of drug-likeness (QED) is 0.293. The maximum atomic E-state index is 15.6. The topological polar surface area (TPSA) is 104 Å². The number of benzene rings is 1. The van der Waals surface area contributed by atoms with Crippen molar-refractivity contribution in [3.8, 4) is 0 Å². The number of nitrogens with zero attached hydrogens (tertiary/aromatic N) is 4. The van der Waals surface area contributed by atoms with Gasteiger partial charge in [0, 0.05) is 32.7 Å². The zero-order valence-electron chi connectivity index (χ0n) is 22.7. The summed E-state index contributed by atoms with van der Waals surface area (Å²) in [5, 5.41) is 0. The van der Waals surface area contributed by atoms with E-state index >= 15 is 4.39 Å². The van der Waals surface area contributed by atoms with Crippen LogP contribution in [0.3, 0.4) is 0 Å². The van der Waals surface area contributed by atoms with E-state index in [2.05, 4.69) is 31.2 Å². The Labute approximate surface area is 229 Å². The molecule has 1 aromatic carbocycles. The van der Waals surface area contributed by atoms with Gasteiger partial charge in [-0.3, -0.25) is 25.4 Å². The first-order valence-electron chi connectivity index (χ1n) is 14.1. The van der Waals surface area contributed by atoms with E-state index in [4.69, 9.17) is 9.57 Å². The molecule has 2 aromatic rings. The van der Waals surface area contributed by atoms with Gasteiger partial charge >= 0.3 is 0 Å². The number of hydrogen-bond acceptors (Lipinski definition) is 9. The molecule has 1 aromatic heterocycles. The molecule has 39 heavy (non-hydrogen) atoms. The Kier molecular flexibility index (Phi) is 9.57. The third-order valence-corrected chi connectivity index (χ3v) is 7.96. The number of anilines is 2. The number of aromatic nitrogens is 2. The van der Waals surface area contributed by atoms with E-state index in [1.807, 2.05) is 35.2 Å². The SMILES string of the molecule is Cc1nc(NNC(=O)[C@@H](CNOCc2ccccc2)CC2CCCC2)c(F)c(N2CCN3CCOC[C@@H]3C2)n1. The molecular formula is C28H40FN7O3. The van der Waals surface area contributed by atoms with E-state index in [1.165, 1.54) is 12.8 Å². The zero-order chi connectivity index (χ0) is 27.0. The minimum Gasteiger partial charge on any atom is -0.378 e. The number of aryl methyl sites for hydroxylation is 1. The lowest BCUT2D eigenvalue weighted by molar-refractivity contribution is -0.126. The summed E-state index contributed by atoms with van der Waals surface area (Å²) >= 11 is 0. The minimum atomic E-state index is -0.567. The van der Waals surface area contributed by atoms with Crippen molar-refractivity contribution in [2.24, 2.45) is 11.8 Å². The van der Waals surface area contributed by atoms with Crippen LogP contribution >= 0.6 is 0 Å². The molecule has 3 aliphatic rings. The molecule has 3 fully saturated rings. The van der Waals surface area contributed by atoms with Gasteiger partial charge in [-0.1, -0.05) is 56.0 Å². The Bertz CT molecular complexity index is 1090. The van der Waals surface area contributed by atoms with E-state index in [1.54, 1.807) is 6.92 Å². The van der Waals surface area contributed by atoms with Gasteiger partial charge in [-0.15, -0.1) is 0 Å². The molecule has 0 unspecified atom stereocenters. The van der Waals surface area contributed by atoms with Crippen LogP contribution in [0.25, 0.3) is 0 Å². The maximum Gasteiger partial charge on any atom is 0.242 e. The summed E-state index contributed by atoms with van der Waals surface area (Å²) in [6.07, 6.45) is 5.41. The van der Waals surface area contributed by atoms with Crippen molar-refractivity contribution in [2.75, 3.05) is 56.3 Å². The molecule has 0 radical (unpaired) electrons. The number of carbonyl (C=O) groups is 1. The number of piperazine rings is 1. The Balaban J connectivity index is 1.19. The summed E-state index contributed by atoms with van der Waals surface area (Å²) in [5.74, 6) is 0.0450. The second-order valence-corrected chi connectivity index (χ2v) is 10.8. The molecule has 11 heteroatoms. The molecular weight excluding hydrogens is 501 g/mol. The third kappa shape index (κ3) is 7.42. The van der Waals surface area contributed by atoms with E-state index in [9.17, 15) is 4.79 Å². The van der Waals surface area contributed by atoms with Crippen LogP contribution < -0.4 is 21.2 Å². The number of amides is 1. The molecule has 1 aliphatic carbocycles. The molecule has 3 heterocycles. The predicted octanol–water partition coefficient (Wildman–Crippen LogP) is 2.81. The highest BCUT2D eigenvalue weighted by Crippen LogP contribution is 2.30. The zero-order valence-corrected chi connectivity index (χ0v) is 22.7. The fourth-order valence-electron chi connectivity index (χ4n) is 5.80. The molecule has 0 spiro atoms. The Hall–Kier alpha value is -2.86. The monoisotopic (exact) mass is 541 g/mol. The molecule has 1 amide bonds. The van der Waals surface area contributed by atoms with Crippen LogP contribution in [0, 0.1) is 24.6 Å². The summed E-state index contributed by atoms with van der Waals surface area (Å²) in [7, 11) is 0. The third-order valence-electron chi connectivity index (χ3n) is 7.96. The van der Waals surface area contributed by atoms with Gasteiger partial charge in [-0.2, -0.15) is 4.39 Å². The summed E-state index contributed by atoms with van der Waals surface area (Å²) in [4.78, 5) is 31.8. The molecule has 2 atom stereocenters. The highest BCUT2D eigenvalue weighted by atomic mass is 19.1. The molecule has 2 aliphatic heterocycles. The normalized spacial score (nSPS) is 21.0. The van der Waals surface area contributed by atoms with Crippen molar-refractivity contribution in [1.82, 2.24) is 25.8 Å². The van der Waals surface area contributed by atoms with Gasteiger partial charge in [0.2, 0.25) is 11.7 Å². The lowest BCUT2D eigenvalue weighted by Crippen LogP contribution is -2.58. The Morgan fingerprint density at radius 3 is 2.82 bits per heavy atom. The number of morpholine rings is 1. The van der Waals surface area contributed by atoms with Crippen molar-refractivity contribution in [3.05, 3.63) is 47.5 Å². The number of rotatable bonds is 11. The summed E-state index contributed by atoms with van der Waals surface area (Å²) in [6, 6.07) is 10.1. The lowest BCUT2D eigenvalue weighted by Gasteiger charge is -2.44. The number of hydrazine groups is 1. The fraction of sp³-hybridized carbons (Fsp3) is 0.607. The van der Waals surface area contributed by atoms with Crippen molar-refractivity contribution in [1.29, 1.82) is 0 Å².